The first kappa shape index (κ1) is 13.9. The quantitative estimate of drug-likeness (QED) is 0.662. The van der Waals surface area contributed by atoms with Crippen molar-refractivity contribution in [1.29, 1.82) is 0 Å². The molecular weight excluding hydrogens is 330 g/mol. The summed E-state index contributed by atoms with van der Waals surface area (Å²) in [6.07, 6.45) is 0. The third-order valence-electron chi connectivity index (χ3n) is 3.17. The summed E-state index contributed by atoms with van der Waals surface area (Å²) in [4.78, 5) is 4.52. The Kier molecular flexibility index (Phi) is 3.80. The molecule has 0 unspecified atom stereocenters. The van der Waals surface area contributed by atoms with Crippen molar-refractivity contribution in [3.8, 4) is 17.2 Å². The number of hydrogen-bond acceptors (Lipinski definition) is 3. The number of rotatable bonds is 3. The number of ether oxygens (including phenoxy) is 2. The zero-order valence-corrected chi connectivity index (χ0v) is 13.3. The number of methoxy groups -OCH3 is 1. The Morgan fingerprint density at radius 2 is 1.81 bits per heavy atom. The molecule has 0 spiro atoms. The van der Waals surface area contributed by atoms with Gasteiger partial charge in [-0.1, -0.05) is 12.1 Å². The van der Waals surface area contributed by atoms with Gasteiger partial charge in [0.05, 0.1) is 17.1 Å². The average molecular weight is 344 g/mol. The zero-order valence-electron chi connectivity index (χ0n) is 11.8. The summed E-state index contributed by atoms with van der Waals surface area (Å²) < 4.78 is 12.1. The second-order valence-corrected chi connectivity index (χ2v) is 5.53. The lowest BCUT2D eigenvalue weighted by molar-refractivity contribution is 0.412. The summed E-state index contributed by atoms with van der Waals surface area (Å²) in [7, 11) is 1.64. The minimum Gasteiger partial charge on any atom is -0.497 e. The molecule has 0 fully saturated rings. The normalized spacial score (nSPS) is 10.6. The van der Waals surface area contributed by atoms with Gasteiger partial charge in [0.1, 0.15) is 17.2 Å². The van der Waals surface area contributed by atoms with Crippen LogP contribution in [-0.4, -0.2) is 12.1 Å². The van der Waals surface area contributed by atoms with Gasteiger partial charge in [-0.15, -0.1) is 0 Å². The van der Waals surface area contributed by atoms with Crippen LogP contribution in [0.4, 0.5) is 0 Å². The highest BCUT2D eigenvalue weighted by molar-refractivity contribution is 9.10. The van der Waals surface area contributed by atoms with Crippen LogP contribution in [0, 0.1) is 6.92 Å². The van der Waals surface area contributed by atoms with Gasteiger partial charge < -0.3 is 9.47 Å². The van der Waals surface area contributed by atoms with Crippen LogP contribution in [0.1, 0.15) is 5.69 Å². The first-order valence-corrected chi connectivity index (χ1v) is 7.34. The number of aromatic nitrogens is 1. The molecule has 1 heterocycles. The fraction of sp³-hybridized carbons (Fsp3) is 0.118. The van der Waals surface area contributed by atoms with Gasteiger partial charge in [-0.2, -0.15) is 0 Å². The van der Waals surface area contributed by atoms with Crippen molar-refractivity contribution in [2.24, 2.45) is 0 Å². The van der Waals surface area contributed by atoms with Gasteiger partial charge in [0.15, 0.2) is 0 Å². The van der Waals surface area contributed by atoms with E-state index in [9.17, 15) is 0 Å². The summed E-state index contributed by atoms with van der Waals surface area (Å²) in [5.74, 6) is 2.32. The molecule has 3 aromatic rings. The van der Waals surface area contributed by atoms with Crippen LogP contribution in [0.3, 0.4) is 0 Å². The van der Waals surface area contributed by atoms with Crippen molar-refractivity contribution in [3.63, 3.8) is 0 Å². The van der Waals surface area contributed by atoms with Crippen LogP contribution in [0.15, 0.2) is 53.0 Å². The molecule has 3 nitrogen and oxygen atoms in total. The Labute approximate surface area is 131 Å². The van der Waals surface area contributed by atoms with E-state index in [1.807, 2.05) is 55.5 Å². The molecule has 0 radical (unpaired) electrons. The zero-order chi connectivity index (χ0) is 14.8. The van der Waals surface area contributed by atoms with E-state index in [1.165, 1.54) is 0 Å². The lowest BCUT2D eigenvalue weighted by atomic mass is 10.2. The number of pyridine rings is 1. The molecule has 1 aromatic heterocycles. The molecule has 0 amide bonds. The first-order chi connectivity index (χ1) is 10.2. The highest BCUT2D eigenvalue weighted by Gasteiger charge is 2.09. The number of benzene rings is 2. The lowest BCUT2D eigenvalue weighted by Gasteiger charge is -2.12. The minimum atomic E-state index is 0.742. The molecule has 21 heavy (non-hydrogen) atoms. The number of aryl methyl sites for hydroxylation is 1. The summed E-state index contributed by atoms with van der Waals surface area (Å²) in [6, 6.07) is 15.5. The molecule has 2 aromatic carbocycles. The van der Waals surface area contributed by atoms with Crippen LogP contribution in [-0.2, 0) is 0 Å². The van der Waals surface area contributed by atoms with Gasteiger partial charge in [-0.3, -0.25) is 4.98 Å². The lowest BCUT2D eigenvalue weighted by Crippen LogP contribution is -1.91. The molecule has 3 rings (SSSR count). The summed E-state index contributed by atoms with van der Waals surface area (Å²) in [5, 5.41) is 0.991. The van der Waals surface area contributed by atoms with E-state index >= 15 is 0 Å². The van der Waals surface area contributed by atoms with Crippen molar-refractivity contribution in [3.05, 3.63) is 58.7 Å². The number of nitrogens with zero attached hydrogens (tertiary/aromatic N) is 1. The summed E-state index contributed by atoms with van der Waals surface area (Å²) in [6.45, 7) is 1.96. The molecule has 0 N–H and O–H groups in total. The van der Waals surface area contributed by atoms with E-state index in [0.29, 0.717) is 0 Å². The fourth-order valence-corrected chi connectivity index (χ4v) is 2.60. The van der Waals surface area contributed by atoms with Crippen molar-refractivity contribution >= 4 is 26.8 Å². The molecule has 0 atom stereocenters. The second-order valence-electron chi connectivity index (χ2n) is 4.68. The van der Waals surface area contributed by atoms with Crippen LogP contribution in [0.5, 0.6) is 17.2 Å². The fourth-order valence-electron chi connectivity index (χ4n) is 2.16. The largest absolute Gasteiger partial charge is 0.497 e. The molecule has 4 heteroatoms. The van der Waals surface area contributed by atoms with Gasteiger partial charge in [0.2, 0.25) is 0 Å². The maximum atomic E-state index is 6.06. The van der Waals surface area contributed by atoms with Gasteiger partial charge in [0, 0.05) is 17.1 Å². The molecule has 0 bridgehead atoms. The number of fused-ring (bicyclic) bond motifs is 1. The molecule has 0 aliphatic rings. The van der Waals surface area contributed by atoms with Crippen molar-refractivity contribution in [2.45, 2.75) is 6.92 Å². The van der Waals surface area contributed by atoms with E-state index in [2.05, 4.69) is 20.9 Å². The topological polar surface area (TPSA) is 31.4 Å². The third-order valence-corrected chi connectivity index (χ3v) is 3.78. The Bertz CT molecular complexity index is 802. The van der Waals surface area contributed by atoms with Crippen LogP contribution >= 0.6 is 15.9 Å². The van der Waals surface area contributed by atoms with Crippen molar-refractivity contribution in [1.82, 2.24) is 4.98 Å². The average Bonchev–Trinajstić information content (AvgIpc) is 2.49. The SMILES string of the molecule is COc1ccc(Oc2cc(C)nc3ccccc23)c(Br)c1. The monoisotopic (exact) mass is 343 g/mol. The highest BCUT2D eigenvalue weighted by Crippen LogP contribution is 2.35. The van der Waals surface area contributed by atoms with Crippen LogP contribution in [0.25, 0.3) is 10.9 Å². The molecule has 0 aliphatic carbocycles. The van der Waals surface area contributed by atoms with Crippen molar-refractivity contribution < 1.29 is 9.47 Å². The smallest absolute Gasteiger partial charge is 0.141 e. The van der Waals surface area contributed by atoms with E-state index < -0.39 is 0 Å². The number of para-hydroxylation sites is 1. The molecule has 0 aliphatic heterocycles. The Morgan fingerprint density at radius 3 is 2.57 bits per heavy atom. The number of hydrogen-bond donors (Lipinski definition) is 0. The molecule has 0 saturated heterocycles. The summed E-state index contributed by atoms with van der Waals surface area (Å²) >= 11 is 3.51. The Hall–Kier alpha value is -2.07. The highest BCUT2D eigenvalue weighted by atomic mass is 79.9. The number of halogens is 1. The third kappa shape index (κ3) is 2.85. The maximum Gasteiger partial charge on any atom is 0.141 e. The van der Waals surface area contributed by atoms with E-state index in [-0.39, 0.29) is 0 Å². The second kappa shape index (κ2) is 5.74. The predicted octanol–water partition coefficient (Wildman–Crippen LogP) is 5.11. The molecule has 0 saturated carbocycles. The van der Waals surface area contributed by atoms with Crippen molar-refractivity contribution in [2.75, 3.05) is 7.11 Å². The minimum absolute atomic E-state index is 0.742. The molecular formula is C17H14BrNO2. The first-order valence-electron chi connectivity index (χ1n) is 6.55. The van der Waals surface area contributed by atoms with E-state index in [4.69, 9.17) is 9.47 Å². The Morgan fingerprint density at radius 1 is 1.00 bits per heavy atom. The maximum absolute atomic E-state index is 6.06. The molecule has 106 valence electrons. The van der Waals surface area contributed by atoms with Crippen LogP contribution < -0.4 is 9.47 Å². The van der Waals surface area contributed by atoms with Gasteiger partial charge in [-0.25, -0.2) is 0 Å². The van der Waals surface area contributed by atoms with E-state index in [1.54, 1.807) is 7.11 Å². The Balaban J connectivity index is 2.05. The summed E-state index contributed by atoms with van der Waals surface area (Å²) in [5.41, 5.74) is 1.85. The predicted molar refractivity (Wildman–Crippen MR) is 87.2 cm³/mol. The van der Waals surface area contributed by atoms with Gasteiger partial charge in [-0.05, 0) is 53.2 Å². The standard InChI is InChI=1S/C17H14BrNO2/c1-11-9-17(13-5-3-4-6-15(13)19-11)21-16-8-7-12(20-2)10-14(16)18/h3-10H,1-2H3. The van der Waals surface area contributed by atoms with Crippen LogP contribution in [0.2, 0.25) is 0 Å². The van der Waals surface area contributed by atoms with Gasteiger partial charge in [0.25, 0.3) is 0 Å². The van der Waals surface area contributed by atoms with E-state index in [0.717, 1.165) is 38.3 Å². The van der Waals surface area contributed by atoms with Gasteiger partial charge >= 0.3 is 0 Å².